The number of hydrogen-bond donors (Lipinski definition) is 1. The molecule has 30 heavy (non-hydrogen) atoms. The smallest absolute Gasteiger partial charge is 0.0689 e. The van der Waals surface area contributed by atoms with Crippen LogP contribution < -0.4 is 0 Å². The highest BCUT2D eigenvalue weighted by Gasteiger charge is 2.36. The van der Waals surface area contributed by atoms with Crippen LogP contribution >= 0.6 is 0 Å². The zero-order chi connectivity index (χ0) is 21.2. The minimum Gasteiger partial charge on any atom is -0.396 e. The van der Waals surface area contributed by atoms with E-state index in [9.17, 15) is 5.26 Å². The third-order valence-electron chi connectivity index (χ3n) is 6.97. The number of hydrogen-bond acceptors (Lipinski definition) is 2. The van der Waals surface area contributed by atoms with Gasteiger partial charge in [-0.25, -0.2) is 0 Å². The van der Waals surface area contributed by atoms with E-state index in [1.807, 2.05) is 0 Å². The van der Waals surface area contributed by atoms with Gasteiger partial charge in [-0.05, 0) is 66.7 Å². The lowest BCUT2D eigenvalue weighted by molar-refractivity contribution is 0.217. The van der Waals surface area contributed by atoms with Gasteiger partial charge in [-0.3, -0.25) is 0 Å². The fourth-order valence-electron chi connectivity index (χ4n) is 5.02. The molecule has 0 amide bonds. The normalized spacial score (nSPS) is 21.3. The molecule has 160 valence electrons. The van der Waals surface area contributed by atoms with Crippen molar-refractivity contribution in [3.05, 3.63) is 59.7 Å². The molecule has 1 aliphatic carbocycles. The number of nitrogens with zero attached hydrogens (tertiary/aromatic N) is 1. The maximum atomic E-state index is 10.00. The van der Waals surface area contributed by atoms with Crippen LogP contribution in [0.3, 0.4) is 0 Å². The van der Waals surface area contributed by atoms with Crippen LogP contribution in [-0.4, -0.2) is 11.7 Å². The Morgan fingerprint density at radius 3 is 2.20 bits per heavy atom. The van der Waals surface area contributed by atoms with Crippen molar-refractivity contribution in [1.82, 2.24) is 0 Å². The van der Waals surface area contributed by atoms with Gasteiger partial charge in [-0.2, -0.15) is 5.26 Å². The standard InChI is InChI=1S/C28H37NO/c1-2-23-10-12-24(13-11-23)25-14-16-26(17-15-25)27-9-8-19-28(21-27,22-29)18-6-4-3-5-7-20-30/h10-17,27,30H,2-9,18-21H2,1H3. The van der Waals surface area contributed by atoms with Gasteiger partial charge in [0.05, 0.1) is 11.5 Å². The first-order valence-corrected chi connectivity index (χ1v) is 11.9. The van der Waals surface area contributed by atoms with Crippen molar-refractivity contribution in [3.63, 3.8) is 0 Å². The molecule has 2 heteroatoms. The van der Waals surface area contributed by atoms with Crippen molar-refractivity contribution in [3.8, 4) is 17.2 Å². The number of benzene rings is 2. The minimum atomic E-state index is -0.144. The summed E-state index contributed by atoms with van der Waals surface area (Å²) in [7, 11) is 0. The SMILES string of the molecule is CCc1ccc(-c2ccc(C3CCCC(C#N)(CCCCCCCO)C3)cc2)cc1. The molecule has 0 radical (unpaired) electrons. The Morgan fingerprint density at radius 2 is 1.57 bits per heavy atom. The van der Waals surface area contributed by atoms with Gasteiger partial charge in [0, 0.05) is 6.61 Å². The summed E-state index contributed by atoms with van der Waals surface area (Å²) >= 11 is 0. The van der Waals surface area contributed by atoms with E-state index in [2.05, 4.69) is 61.5 Å². The Hall–Kier alpha value is -2.11. The summed E-state index contributed by atoms with van der Waals surface area (Å²) in [6.07, 6.45) is 12.0. The molecule has 0 heterocycles. The zero-order valence-electron chi connectivity index (χ0n) is 18.6. The van der Waals surface area contributed by atoms with E-state index in [1.54, 1.807) is 0 Å². The molecule has 2 aromatic rings. The Balaban J connectivity index is 1.60. The second-order valence-corrected chi connectivity index (χ2v) is 9.10. The van der Waals surface area contributed by atoms with E-state index in [0.717, 1.165) is 51.4 Å². The van der Waals surface area contributed by atoms with Crippen LogP contribution in [0.15, 0.2) is 48.5 Å². The fourth-order valence-corrected chi connectivity index (χ4v) is 5.02. The monoisotopic (exact) mass is 403 g/mol. The molecule has 1 N–H and O–H groups in total. The van der Waals surface area contributed by atoms with Gasteiger partial charge >= 0.3 is 0 Å². The summed E-state index contributed by atoms with van der Waals surface area (Å²) in [5.74, 6) is 0.504. The molecule has 3 rings (SSSR count). The first-order chi connectivity index (χ1) is 14.7. The summed E-state index contributed by atoms with van der Waals surface area (Å²) in [4.78, 5) is 0. The second-order valence-electron chi connectivity index (χ2n) is 9.10. The van der Waals surface area contributed by atoms with E-state index >= 15 is 0 Å². The van der Waals surface area contributed by atoms with Crippen molar-refractivity contribution in [2.24, 2.45) is 5.41 Å². The highest BCUT2D eigenvalue weighted by atomic mass is 16.2. The zero-order valence-corrected chi connectivity index (χ0v) is 18.6. The van der Waals surface area contributed by atoms with Gasteiger partial charge in [0.2, 0.25) is 0 Å². The summed E-state index contributed by atoms with van der Waals surface area (Å²) in [6.45, 7) is 2.49. The molecule has 2 nitrogen and oxygen atoms in total. The number of rotatable bonds is 10. The van der Waals surface area contributed by atoms with E-state index in [4.69, 9.17) is 5.11 Å². The maximum absolute atomic E-state index is 10.00. The van der Waals surface area contributed by atoms with Crippen molar-refractivity contribution in [2.45, 2.75) is 83.5 Å². The van der Waals surface area contributed by atoms with E-state index < -0.39 is 0 Å². The third kappa shape index (κ3) is 5.96. The topological polar surface area (TPSA) is 44.0 Å². The molecule has 2 aromatic carbocycles. The maximum Gasteiger partial charge on any atom is 0.0689 e. The minimum absolute atomic E-state index is 0.144. The lowest BCUT2D eigenvalue weighted by Gasteiger charge is -2.36. The second kappa shape index (κ2) is 11.3. The predicted octanol–water partition coefficient (Wildman–Crippen LogP) is 7.42. The molecule has 2 unspecified atom stereocenters. The third-order valence-corrected chi connectivity index (χ3v) is 6.97. The molecule has 1 fully saturated rings. The molecule has 2 atom stereocenters. The molecule has 1 aliphatic rings. The van der Waals surface area contributed by atoms with Crippen LogP contribution in [0.2, 0.25) is 0 Å². The highest BCUT2D eigenvalue weighted by Crippen LogP contribution is 2.46. The molecule has 0 spiro atoms. The van der Waals surface area contributed by atoms with Gasteiger partial charge in [0.1, 0.15) is 0 Å². The largest absolute Gasteiger partial charge is 0.396 e. The number of aryl methyl sites for hydroxylation is 1. The van der Waals surface area contributed by atoms with Crippen LogP contribution in [0, 0.1) is 16.7 Å². The first kappa shape index (κ1) is 22.6. The van der Waals surface area contributed by atoms with Crippen LogP contribution in [0.1, 0.15) is 88.2 Å². The van der Waals surface area contributed by atoms with Crippen LogP contribution in [-0.2, 0) is 6.42 Å². The lowest BCUT2D eigenvalue weighted by atomic mass is 9.66. The van der Waals surface area contributed by atoms with E-state index in [0.29, 0.717) is 12.5 Å². The van der Waals surface area contributed by atoms with Crippen LogP contribution in [0.4, 0.5) is 0 Å². The number of nitriles is 1. The predicted molar refractivity (Wildman–Crippen MR) is 125 cm³/mol. The summed E-state index contributed by atoms with van der Waals surface area (Å²) in [5.41, 5.74) is 5.17. The Morgan fingerprint density at radius 1 is 0.933 bits per heavy atom. The average molecular weight is 404 g/mol. The lowest BCUT2D eigenvalue weighted by Crippen LogP contribution is -2.26. The summed E-state index contributed by atoms with van der Waals surface area (Å²) < 4.78 is 0. The van der Waals surface area contributed by atoms with Gasteiger partial charge in [0.25, 0.3) is 0 Å². The Kier molecular flexibility index (Phi) is 8.52. The van der Waals surface area contributed by atoms with Gasteiger partial charge < -0.3 is 5.11 Å². The fraction of sp³-hybridized carbons (Fsp3) is 0.536. The first-order valence-electron chi connectivity index (χ1n) is 11.9. The molecular weight excluding hydrogens is 366 g/mol. The Bertz CT molecular complexity index is 802. The van der Waals surface area contributed by atoms with Crippen LogP contribution in [0.25, 0.3) is 11.1 Å². The number of aliphatic hydroxyl groups excluding tert-OH is 1. The van der Waals surface area contributed by atoms with Gasteiger partial charge in [0.15, 0.2) is 0 Å². The van der Waals surface area contributed by atoms with Crippen molar-refractivity contribution >= 4 is 0 Å². The highest BCUT2D eigenvalue weighted by molar-refractivity contribution is 5.64. The molecule has 0 aliphatic heterocycles. The average Bonchev–Trinajstić information content (AvgIpc) is 2.81. The van der Waals surface area contributed by atoms with Crippen LogP contribution in [0.5, 0.6) is 0 Å². The molecule has 0 aromatic heterocycles. The Labute approximate surface area is 183 Å². The van der Waals surface area contributed by atoms with Gasteiger partial charge in [-0.15, -0.1) is 0 Å². The molecular formula is C28H37NO. The van der Waals surface area contributed by atoms with E-state index in [1.165, 1.54) is 41.5 Å². The van der Waals surface area contributed by atoms with E-state index in [-0.39, 0.29) is 5.41 Å². The molecule has 0 saturated heterocycles. The number of unbranched alkanes of at least 4 members (excludes halogenated alkanes) is 4. The number of aliphatic hydroxyl groups is 1. The molecule has 1 saturated carbocycles. The van der Waals surface area contributed by atoms with Crippen molar-refractivity contribution in [2.75, 3.05) is 6.61 Å². The van der Waals surface area contributed by atoms with Crippen molar-refractivity contribution < 1.29 is 5.11 Å². The van der Waals surface area contributed by atoms with Crippen molar-refractivity contribution in [1.29, 1.82) is 5.26 Å². The molecule has 0 bridgehead atoms. The summed E-state index contributed by atoms with van der Waals surface area (Å²) in [5, 5.41) is 18.9. The van der Waals surface area contributed by atoms with Gasteiger partial charge in [-0.1, -0.05) is 87.6 Å². The summed E-state index contributed by atoms with van der Waals surface area (Å²) in [6, 6.07) is 20.7. The quantitative estimate of drug-likeness (QED) is 0.419.